The van der Waals surface area contributed by atoms with Crippen LogP contribution in [0.5, 0.6) is 0 Å². The molecule has 0 N–H and O–H groups in total. The van der Waals surface area contributed by atoms with E-state index < -0.39 is 18.8 Å². The molecule has 4 nitrogen and oxygen atoms in total. The predicted molar refractivity (Wildman–Crippen MR) is 110 cm³/mol. The Morgan fingerprint density at radius 2 is 1.58 bits per heavy atom. The molecule has 3 rings (SSSR count). The molecular weight excluding hydrogens is 529 g/mol. The van der Waals surface area contributed by atoms with Crippen molar-refractivity contribution >= 4 is 35.3 Å². The molecule has 0 radical (unpaired) electrons. The van der Waals surface area contributed by atoms with Gasteiger partial charge in [-0.15, -0.1) is 0 Å². The number of hydrogen-bond acceptors (Lipinski definition) is 5. The van der Waals surface area contributed by atoms with Gasteiger partial charge in [0, 0.05) is 41.5 Å². The second-order valence-electron chi connectivity index (χ2n) is 6.28. The standard InChI is InChI=1S/C20H17BrF2NO3PS.2Na/c21-19-10-15(5-8-18(19)20(22,23)28(25,26)27)13-29-12-14-3-6-16(7-4-14)17-2-1-9-24-11-17;;/h1-11H,12-13H2,(H2,25,26,27);;/q;2*+1/p-2. The van der Waals surface area contributed by atoms with Gasteiger partial charge >= 0.3 is 59.1 Å². The summed E-state index contributed by atoms with van der Waals surface area (Å²) in [5.41, 5.74) is -1.34. The molecule has 1 heterocycles. The van der Waals surface area contributed by atoms with Crippen molar-refractivity contribution in [1.82, 2.24) is 4.98 Å². The molecule has 0 aliphatic rings. The minimum atomic E-state index is -6.09. The summed E-state index contributed by atoms with van der Waals surface area (Å²) >= 11 is 4.54. The number of hydrogen-bond donors (Lipinski definition) is 0. The van der Waals surface area contributed by atoms with Crippen LogP contribution in [0.1, 0.15) is 16.7 Å². The van der Waals surface area contributed by atoms with Crippen LogP contribution in [0, 0.1) is 0 Å². The minimum Gasteiger partial charge on any atom is -0.806 e. The van der Waals surface area contributed by atoms with Gasteiger partial charge in [0.25, 0.3) is 5.66 Å². The SMILES string of the molecule is O=P([O-])([O-])C(F)(F)c1ccc(CSCc2ccc(-c3cccnc3)cc2)cc1Br.[Na+].[Na+]. The number of alkyl halides is 2. The topological polar surface area (TPSA) is 76.1 Å². The van der Waals surface area contributed by atoms with Gasteiger partial charge in [-0.25, -0.2) is 0 Å². The van der Waals surface area contributed by atoms with E-state index in [1.165, 1.54) is 12.1 Å². The summed E-state index contributed by atoms with van der Waals surface area (Å²) in [5, 5.41) is 0. The molecule has 0 saturated heterocycles. The van der Waals surface area contributed by atoms with E-state index in [1.807, 2.05) is 36.4 Å². The average Bonchev–Trinajstić information content (AvgIpc) is 2.68. The van der Waals surface area contributed by atoms with Gasteiger partial charge in [-0.3, -0.25) is 4.98 Å². The summed E-state index contributed by atoms with van der Waals surface area (Å²) in [4.78, 5) is 25.8. The molecule has 152 valence electrons. The van der Waals surface area contributed by atoms with Crippen molar-refractivity contribution in [3.8, 4) is 11.1 Å². The van der Waals surface area contributed by atoms with Crippen molar-refractivity contribution in [2.75, 3.05) is 0 Å². The molecular formula is C20H15BrF2NNa2O3PS. The monoisotopic (exact) mass is 543 g/mol. The summed E-state index contributed by atoms with van der Waals surface area (Å²) in [6, 6.07) is 15.7. The van der Waals surface area contributed by atoms with Crippen LogP contribution >= 0.6 is 35.3 Å². The van der Waals surface area contributed by atoms with E-state index in [9.17, 15) is 23.1 Å². The molecule has 1 aromatic heterocycles. The smallest absolute Gasteiger partial charge is 0.806 e. The molecule has 0 unspecified atom stereocenters. The van der Waals surface area contributed by atoms with Crippen molar-refractivity contribution in [1.29, 1.82) is 0 Å². The molecule has 0 atom stereocenters. The molecule has 0 spiro atoms. The van der Waals surface area contributed by atoms with Crippen LogP contribution in [0.4, 0.5) is 8.78 Å². The summed E-state index contributed by atoms with van der Waals surface area (Å²) in [5.74, 6) is 1.26. The van der Waals surface area contributed by atoms with E-state index in [1.54, 1.807) is 24.2 Å². The van der Waals surface area contributed by atoms with Gasteiger partial charge in [0.1, 0.15) is 0 Å². The zero-order chi connectivity index (χ0) is 21.1. The van der Waals surface area contributed by atoms with Crippen molar-refractivity contribution in [3.05, 3.63) is 88.2 Å². The first kappa shape index (κ1) is 29.5. The molecule has 0 aliphatic carbocycles. The van der Waals surface area contributed by atoms with Crippen LogP contribution < -0.4 is 68.9 Å². The molecule has 3 aromatic rings. The van der Waals surface area contributed by atoms with Crippen LogP contribution in [0.15, 0.2) is 71.5 Å². The number of halogens is 3. The second kappa shape index (κ2) is 12.8. The van der Waals surface area contributed by atoms with Crippen molar-refractivity contribution in [2.24, 2.45) is 0 Å². The number of benzene rings is 2. The molecule has 0 saturated carbocycles. The van der Waals surface area contributed by atoms with Gasteiger partial charge in [-0.1, -0.05) is 58.4 Å². The zero-order valence-electron chi connectivity index (χ0n) is 16.9. The number of rotatable bonds is 7. The summed E-state index contributed by atoms with van der Waals surface area (Å²) in [6.07, 6.45) is 3.52. The third kappa shape index (κ3) is 7.72. The van der Waals surface area contributed by atoms with Gasteiger partial charge in [0.15, 0.2) is 0 Å². The Hall–Kier alpha value is 0.430. The summed E-state index contributed by atoms with van der Waals surface area (Å²) < 4.78 is 38.2. The maximum absolute atomic E-state index is 13.8. The molecule has 11 heteroatoms. The molecule has 0 aliphatic heterocycles. The van der Waals surface area contributed by atoms with Gasteiger partial charge in [-0.05, 0) is 34.4 Å². The van der Waals surface area contributed by atoms with Crippen molar-refractivity contribution in [3.63, 3.8) is 0 Å². The largest absolute Gasteiger partial charge is 1.00 e. The molecule has 31 heavy (non-hydrogen) atoms. The van der Waals surface area contributed by atoms with Crippen LogP contribution in [-0.4, -0.2) is 4.98 Å². The predicted octanol–water partition coefficient (Wildman–Crippen LogP) is -1.08. The minimum absolute atomic E-state index is 0. The van der Waals surface area contributed by atoms with E-state index in [0.717, 1.165) is 34.1 Å². The molecule has 0 bridgehead atoms. The van der Waals surface area contributed by atoms with E-state index >= 15 is 0 Å². The zero-order valence-corrected chi connectivity index (χ0v) is 24.2. The maximum Gasteiger partial charge on any atom is 1.00 e. The van der Waals surface area contributed by atoms with Crippen LogP contribution in [0.3, 0.4) is 0 Å². The van der Waals surface area contributed by atoms with Gasteiger partial charge in [0.2, 0.25) is 0 Å². The van der Waals surface area contributed by atoms with Gasteiger partial charge in [0.05, 0.1) is 0 Å². The maximum atomic E-state index is 13.8. The van der Waals surface area contributed by atoms with E-state index in [-0.39, 0.29) is 63.6 Å². The summed E-state index contributed by atoms with van der Waals surface area (Å²) in [6.45, 7) is 0. The van der Waals surface area contributed by atoms with Crippen molar-refractivity contribution in [2.45, 2.75) is 17.2 Å². The van der Waals surface area contributed by atoms with Gasteiger partial charge in [-0.2, -0.15) is 20.5 Å². The normalized spacial score (nSPS) is 11.4. The first-order valence-corrected chi connectivity index (χ1v) is 11.9. The number of nitrogens with zero attached hydrogens (tertiary/aromatic N) is 1. The summed E-state index contributed by atoms with van der Waals surface area (Å²) in [7, 11) is -6.09. The third-order valence-corrected chi connectivity index (χ3v) is 6.85. The average molecular weight is 544 g/mol. The quantitative estimate of drug-likeness (QED) is 0.280. The van der Waals surface area contributed by atoms with E-state index in [4.69, 9.17) is 0 Å². The number of aromatic nitrogens is 1. The fourth-order valence-corrected chi connectivity index (χ4v) is 4.92. The van der Waals surface area contributed by atoms with Crippen molar-refractivity contribution < 1.29 is 82.2 Å². The Balaban J connectivity index is 0.00000240. The first-order valence-electron chi connectivity index (χ1n) is 8.44. The Morgan fingerprint density at radius 1 is 0.968 bits per heavy atom. The Kier molecular flexibility index (Phi) is 12.1. The van der Waals surface area contributed by atoms with Gasteiger partial charge < -0.3 is 14.4 Å². The van der Waals surface area contributed by atoms with Crippen LogP contribution in [-0.2, 0) is 21.7 Å². The Bertz CT molecular complexity index is 1040. The van der Waals surface area contributed by atoms with Crippen LogP contribution in [0.25, 0.3) is 11.1 Å². The number of thioether (sulfide) groups is 1. The molecule has 0 amide bonds. The van der Waals surface area contributed by atoms with Crippen LogP contribution in [0.2, 0.25) is 0 Å². The fourth-order valence-electron chi connectivity index (χ4n) is 2.65. The fraction of sp³-hybridized carbons (Fsp3) is 0.150. The second-order valence-corrected chi connectivity index (χ2v) is 9.68. The molecule has 0 fully saturated rings. The number of pyridine rings is 1. The Morgan fingerprint density at radius 3 is 2.13 bits per heavy atom. The van der Waals surface area contributed by atoms with E-state index in [0.29, 0.717) is 5.75 Å². The third-order valence-electron chi connectivity index (χ3n) is 4.19. The first-order chi connectivity index (χ1) is 13.7. The molecule has 2 aromatic carbocycles. The Labute approximate surface area is 236 Å². The van der Waals surface area contributed by atoms with E-state index in [2.05, 4.69) is 20.9 Å².